The molecule has 1 aromatic carbocycles. The molecule has 26 heavy (non-hydrogen) atoms. The lowest BCUT2D eigenvalue weighted by atomic mass is 9.78. The van der Waals surface area contributed by atoms with Crippen molar-refractivity contribution < 1.29 is 18.8 Å². The molecule has 0 amide bonds. The molecule has 1 aliphatic rings. The fourth-order valence-corrected chi connectivity index (χ4v) is 2.86. The third kappa shape index (κ3) is 5.00. The average Bonchev–Trinajstić information content (AvgIpc) is 2.75. The van der Waals surface area contributed by atoms with Gasteiger partial charge < -0.3 is 18.8 Å². The van der Waals surface area contributed by atoms with E-state index in [1.165, 1.54) is 0 Å². The van der Waals surface area contributed by atoms with Crippen LogP contribution in [0.4, 0.5) is 0 Å². The van der Waals surface area contributed by atoms with Crippen LogP contribution in [0.15, 0.2) is 18.2 Å². The van der Waals surface area contributed by atoms with E-state index in [0.29, 0.717) is 6.61 Å². The fraction of sp³-hybridized carbons (Fsp3) is 0.700. The summed E-state index contributed by atoms with van der Waals surface area (Å²) in [7, 11) is 3.43. The predicted octanol–water partition coefficient (Wildman–Crippen LogP) is 2.85. The summed E-state index contributed by atoms with van der Waals surface area (Å²) < 4.78 is 23.5. The monoisotopic (exact) mass is 363 g/mol. The summed E-state index contributed by atoms with van der Waals surface area (Å²) in [6, 6.07) is 6.14. The number of rotatable bonds is 8. The van der Waals surface area contributed by atoms with E-state index in [-0.39, 0.29) is 24.4 Å². The Balaban J connectivity index is 2.11. The van der Waals surface area contributed by atoms with Gasteiger partial charge in [-0.2, -0.15) is 0 Å². The first-order valence-corrected chi connectivity index (χ1v) is 9.38. The summed E-state index contributed by atoms with van der Waals surface area (Å²) in [5, 5.41) is 0. The van der Waals surface area contributed by atoms with Crippen LogP contribution in [0.3, 0.4) is 0 Å². The van der Waals surface area contributed by atoms with Gasteiger partial charge in [0, 0.05) is 18.7 Å². The molecule has 1 saturated heterocycles. The van der Waals surface area contributed by atoms with E-state index in [1.807, 2.05) is 12.1 Å². The SMILES string of the molecule is COc1ccc(B2OC(C)(C)C(C)(C)O2)cc1CN(C)CCOC(C)C. The maximum absolute atomic E-state index is 6.18. The molecule has 0 aliphatic carbocycles. The van der Waals surface area contributed by atoms with E-state index < -0.39 is 0 Å². The van der Waals surface area contributed by atoms with Gasteiger partial charge in [0.25, 0.3) is 0 Å². The van der Waals surface area contributed by atoms with Crippen molar-refractivity contribution in [2.24, 2.45) is 0 Å². The summed E-state index contributed by atoms with van der Waals surface area (Å²) in [6.07, 6.45) is 0.254. The molecule has 146 valence electrons. The first-order valence-electron chi connectivity index (χ1n) is 9.38. The third-order valence-electron chi connectivity index (χ3n) is 5.19. The molecule has 1 aliphatic heterocycles. The minimum Gasteiger partial charge on any atom is -0.496 e. The summed E-state index contributed by atoms with van der Waals surface area (Å²) in [4.78, 5) is 2.23. The number of nitrogens with zero attached hydrogens (tertiary/aromatic N) is 1. The maximum atomic E-state index is 6.18. The topological polar surface area (TPSA) is 40.2 Å². The molecule has 5 nitrogen and oxygen atoms in total. The highest BCUT2D eigenvalue weighted by atomic mass is 16.7. The molecule has 2 rings (SSSR count). The minimum absolute atomic E-state index is 0.254. The molecule has 1 fully saturated rings. The van der Waals surface area contributed by atoms with Crippen molar-refractivity contribution in [2.75, 3.05) is 27.3 Å². The Morgan fingerprint density at radius 1 is 1.12 bits per heavy atom. The van der Waals surface area contributed by atoms with Crippen LogP contribution in [-0.4, -0.2) is 56.6 Å². The Morgan fingerprint density at radius 2 is 1.73 bits per heavy atom. The van der Waals surface area contributed by atoms with Crippen LogP contribution in [-0.2, 0) is 20.6 Å². The second kappa shape index (κ2) is 8.30. The predicted molar refractivity (Wildman–Crippen MR) is 106 cm³/mol. The van der Waals surface area contributed by atoms with Gasteiger partial charge >= 0.3 is 7.12 Å². The van der Waals surface area contributed by atoms with Gasteiger partial charge in [-0.3, -0.25) is 4.90 Å². The number of benzene rings is 1. The normalized spacial score (nSPS) is 18.8. The number of hydrogen-bond acceptors (Lipinski definition) is 5. The zero-order valence-corrected chi connectivity index (χ0v) is 17.6. The highest BCUT2D eigenvalue weighted by molar-refractivity contribution is 6.62. The van der Waals surface area contributed by atoms with Crippen LogP contribution in [0.2, 0.25) is 0 Å². The van der Waals surface area contributed by atoms with Crippen LogP contribution in [0.25, 0.3) is 0 Å². The van der Waals surface area contributed by atoms with Crippen LogP contribution < -0.4 is 10.2 Å². The van der Waals surface area contributed by atoms with Crippen LogP contribution >= 0.6 is 0 Å². The standard InChI is InChI=1S/C20H34BNO4/c1-15(2)24-12-11-22(7)14-16-13-17(9-10-18(16)23-8)21-25-19(3,4)20(5,6)26-21/h9-10,13,15H,11-12,14H2,1-8H3. The van der Waals surface area contributed by atoms with E-state index >= 15 is 0 Å². The first-order chi connectivity index (χ1) is 12.1. The summed E-state index contributed by atoms with van der Waals surface area (Å²) in [5.74, 6) is 0.877. The molecule has 0 unspecified atom stereocenters. The summed E-state index contributed by atoms with van der Waals surface area (Å²) in [5.41, 5.74) is 1.45. The van der Waals surface area contributed by atoms with Crippen LogP contribution in [0.1, 0.15) is 47.1 Å². The molecule has 0 bridgehead atoms. The van der Waals surface area contributed by atoms with E-state index in [9.17, 15) is 0 Å². The second-order valence-corrected chi connectivity index (χ2v) is 8.32. The zero-order valence-electron chi connectivity index (χ0n) is 17.6. The van der Waals surface area contributed by atoms with Crippen molar-refractivity contribution in [2.45, 2.75) is 65.4 Å². The lowest BCUT2D eigenvalue weighted by molar-refractivity contribution is 0.00578. The zero-order chi connectivity index (χ0) is 19.5. The Hall–Kier alpha value is -1.08. The average molecular weight is 363 g/mol. The Kier molecular flexibility index (Phi) is 6.78. The molecule has 1 heterocycles. The molecule has 0 atom stereocenters. The van der Waals surface area contributed by atoms with Gasteiger partial charge in [0.15, 0.2) is 0 Å². The molecule has 1 aromatic rings. The number of methoxy groups -OCH3 is 1. The first kappa shape index (κ1) is 21.2. The van der Waals surface area contributed by atoms with Crippen molar-refractivity contribution in [3.63, 3.8) is 0 Å². The Bertz CT molecular complexity index is 587. The van der Waals surface area contributed by atoms with Gasteiger partial charge in [0.2, 0.25) is 0 Å². The second-order valence-electron chi connectivity index (χ2n) is 8.32. The number of ether oxygens (including phenoxy) is 2. The molecular weight excluding hydrogens is 329 g/mol. The largest absolute Gasteiger partial charge is 0.496 e. The van der Waals surface area contributed by atoms with E-state index in [0.717, 1.165) is 29.9 Å². The highest BCUT2D eigenvalue weighted by Gasteiger charge is 2.51. The van der Waals surface area contributed by atoms with E-state index in [4.69, 9.17) is 18.8 Å². The lowest BCUT2D eigenvalue weighted by Crippen LogP contribution is -2.41. The van der Waals surface area contributed by atoms with E-state index in [2.05, 4.69) is 59.6 Å². The van der Waals surface area contributed by atoms with Gasteiger partial charge in [-0.05, 0) is 60.1 Å². The molecule has 0 saturated carbocycles. The maximum Gasteiger partial charge on any atom is 0.494 e. The third-order valence-corrected chi connectivity index (χ3v) is 5.19. The smallest absolute Gasteiger partial charge is 0.494 e. The summed E-state index contributed by atoms with van der Waals surface area (Å²) >= 11 is 0. The van der Waals surface area contributed by atoms with E-state index in [1.54, 1.807) is 7.11 Å². The Labute approximate surface area is 159 Å². The summed E-state index contributed by atoms with van der Waals surface area (Å²) in [6.45, 7) is 14.7. The highest BCUT2D eigenvalue weighted by Crippen LogP contribution is 2.36. The number of hydrogen-bond donors (Lipinski definition) is 0. The molecule has 0 radical (unpaired) electrons. The molecule has 0 aromatic heterocycles. The Morgan fingerprint density at radius 3 is 2.27 bits per heavy atom. The van der Waals surface area contributed by atoms with Gasteiger partial charge in [-0.1, -0.05) is 12.1 Å². The van der Waals surface area contributed by atoms with Crippen molar-refractivity contribution in [3.8, 4) is 5.75 Å². The quantitative estimate of drug-likeness (QED) is 0.665. The van der Waals surface area contributed by atoms with Crippen molar-refractivity contribution in [1.29, 1.82) is 0 Å². The van der Waals surface area contributed by atoms with Crippen LogP contribution in [0, 0.1) is 0 Å². The lowest BCUT2D eigenvalue weighted by Gasteiger charge is -2.32. The van der Waals surface area contributed by atoms with Crippen molar-refractivity contribution in [1.82, 2.24) is 4.90 Å². The molecule has 0 spiro atoms. The van der Waals surface area contributed by atoms with Crippen molar-refractivity contribution in [3.05, 3.63) is 23.8 Å². The fourth-order valence-electron chi connectivity index (χ4n) is 2.86. The molecule has 0 N–H and O–H groups in total. The minimum atomic E-state index is -0.362. The number of likely N-dealkylation sites (N-methyl/N-ethyl adjacent to an activating group) is 1. The van der Waals surface area contributed by atoms with Gasteiger partial charge in [0.05, 0.1) is 31.0 Å². The van der Waals surface area contributed by atoms with Gasteiger partial charge in [-0.15, -0.1) is 0 Å². The molecular formula is C20H34BNO4. The van der Waals surface area contributed by atoms with Gasteiger partial charge in [-0.25, -0.2) is 0 Å². The van der Waals surface area contributed by atoms with Gasteiger partial charge in [0.1, 0.15) is 5.75 Å². The van der Waals surface area contributed by atoms with Crippen molar-refractivity contribution >= 4 is 12.6 Å². The molecule has 6 heteroatoms. The van der Waals surface area contributed by atoms with Crippen LogP contribution in [0.5, 0.6) is 5.75 Å².